The molecule has 0 bridgehead atoms. The SMILES string of the molecule is CC(COCCOCCOC1OC(CO)C(O)C(O)C1C)COCCOCCO[C@@H]1OC(CO)[C@H](O)C(O)[C@@H]1C. The van der Waals surface area contributed by atoms with Crippen LogP contribution in [0.3, 0.4) is 0 Å². The molecule has 14 heteroatoms. The van der Waals surface area contributed by atoms with E-state index in [4.69, 9.17) is 37.9 Å². The first-order valence-corrected chi connectivity index (χ1v) is 14.0. The highest BCUT2D eigenvalue weighted by atomic mass is 16.7. The predicted octanol–water partition coefficient (Wildman–Crippen LogP) is -2.13. The third-order valence-corrected chi connectivity index (χ3v) is 6.94. The molecule has 2 aliphatic rings. The lowest BCUT2D eigenvalue weighted by Crippen LogP contribution is -2.55. The zero-order valence-corrected chi connectivity index (χ0v) is 23.8. The van der Waals surface area contributed by atoms with Gasteiger partial charge in [0.1, 0.15) is 24.4 Å². The van der Waals surface area contributed by atoms with Crippen molar-refractivity contribution in [2.45, 2.75) is 70.0 Å². The van der Waals surface area contributed by atoms with Crippen LogP contribution in [0.5, 0.6) is 0 Å². The van der Waals surface area contributed by atoms with Crippen LogP contribution in [0, 0.1) is 17.8 Å². The molecule has 2 rings (SSSR count). The Morgan fingerprint density at radius 3 is 1.27 bits per heavy atom. The van der Waals surface area contributed by atoms with Crippen molar-refractivity contribution >= 4 is 0 Å². The molecular weight excluding hydrogens is 536 g/mol. The van der Waals surface area contributed by atoms with Crippen LogP contribution >= 0.6 is 0 Å². The number of ether oxygens (including phenoxy) is 8. The smallest absolute Gasteiger partial charge is 0.163 e. The zero-order valence-electron chi connectivity index (χ0n) is 23.8. The van der Waals surface area contributed by atoms with Gasteiger partial charge in [0, 0.05) is 17.8 Å². The molecule has 8 unspecified atom stereocenters. The lowest BCUT2D eigenvalue weighted by atomic mass is 9.92. The maximum Gasteiger partial charge on any atom is 0.163 e. The molecule has 6 N–H and O–H groups in total. The normalized spacial score (nSPS) is 35.6. The predicted molar refractivity (Wildman–Crippen MR) is 138 cm³/mol. The number of aliphatic hydroxyl groups excluding tert-OH is 6. The standard InChI is InChI=1S/C26H50O14/c1-16(14-35-6-4-33-8-10-37-25-17(2)21(29)23(31)19(12-27)39-25)15-36-7-5-34-9-11-38-26-18(3)22(30)24(32)20(13-28)40-26/h16-32H,4-15H2,1-3H3/t16?,17-,18?,19?,20?,21?,22?,23-,24?,25+,26?/m0/s1. The van der Waals surface area contributed by atoms with Crippen LogP contribution < -0.4 is 0 Å². The fourth-order valence-electron chi connectivity index (χ4n) is 4.32. The summed E-state index contributed by atoms with van der Waals surface area (Å²) in [6, 6.07) is 0. The van der Waals surface area contributed by atoms with Crippen LogP contribution in [0.2, 0.25) is 0 Å². The van der Waals surface area contributed by atoms with Crippen molar-refractivity contribution in [2.75, 3.05) is 79.3 Å². The van der Waals surface area contributed by atoms with E-state index in [9.17, 15) is 30.6 Å². The number of rotatable bonds is 20. The molecule has 2 saturated heterocycles. The van der Waals surface area contributed by atoms with Crippen molar-refractivity contribution < 1.29 is 68.5 Å². The first kappa shape index (κ1) is 35.6. The van der Waals surface area contributed by atoms with Gasteiger partial charge in [-0.15, -0.1) is 0 Å². The van der Waals surface area contributed by atoms with Crippen LogP contribution in [0.25, 0.3) is 0 Å². The van der Waals surface area contributed by atoms with Crippen LogP contribution in [0.15, 0.2) is 0 Å². The van der Waals surface area contributed by atoms with Gasteiger partial charge < -0.3 is 68.5 Å². The van der Waals surface area contributed by atoms with Gasteiger partial charge in [-0.2, -0.15) is 0 Å². The van der Waals surface area contributed by atoms with E-state index in [-0.39, 0.29) is 19.1 Å². The van der Waals surface area contributed by atoms with Gasteiger partial charge >= 0.3 is 0 Å². The molecule has 2 heterocycles. The van der Waals surface area contributed by atoms with Gasteiger partial charge in [0.15, 0.2) is 12.6 Å². The van der Waals surface area contributed by atoms with Crippen LogP contribution in [0.1, 0.15) is 20.8 Å². The Kier molecular flexibility index (Phi) is 17.5. The highest BCUT2D eigenvalue weighted by Crippen LogP contribution is 2.27. The Morgan fingerprint density at radius 2 is 0.900 bits per heavy atom. The maximum absolute atomic E-state index is 10.0. The van der Waals surface area contributed by atoms with Gasteiger partial charge in [-0.1, -0.05) is 20.8 Å². The lowest BCUT2D eigenvalue weighted by Gasteiger charge is -2.40. The summed E-state index contributed by atoms with van der Waals surface area (Å²) >= 11 is 0. The monoisotopic (exact) mass is 586 g/mol. The molecule has 40 heavy (non-hydrogen) atoms. The molecule has 0 saturated carbocycles. The molecule has 0 aliphatic carbocycles. The van der Waals surface area contributed by atoms with E-state index in [2.05, 4.69) is 0 Å². The summed E-state index contributed by atoms with van der Waals surface area (Å²) in [5.41, 5.74) is 0. The van der Waals surface area contributed by atoms with Crippen molar-refractivity contribution in [1.82, 2.24) is 0 Å². The fraction of sp³-hybridized carbons (Fsp3) is 1.00. The molecular formula is C26H50O14. The third-order valence-electron chi connectivity index (χ3n) is 6.94. The number of hydrogen-bond acceptors (Lipinski definition) is 14. The first-order chi connectivity index (χ1) is 19.2. The van der Waals surface area contributed by atoms with Gasteiger partial charge in [-0.3, -0.25) is 0 Å². The fourth-order valence-corrected chi connectivity index (χ4v) is 4.32. The first-order valence-electron chi connectivity index (χ1n) is 14.0. The van der Waals surface area contributed by atoms with Crippen molar-refractivity contribution in [1.29, 1.82) is 0 Å². The summed E-state index contributed by atoms with van der Waals surface area (Å²) in [7, 11) is 0. The molecule has 0 aromatic heterocycles. The maximum atomic E-state index is 10.0. The minimum atomic E-state index is -1.15. The van der Waals surface area contributed by atoms with E-state index < -0.39 is 74.3 Å². The van der Waals surface area contributed by atoms with E-state index in [1.165, 1.54) is 0 Å². The van der Waals surface area contributed by atoms with Crippen molar-refractivity contribution in [2.24, 2.45) is 17.8 Å². The molecule has 0 radical (unpaired) electrons. The Bertz CT molecular complexity index is 589. The second-order valence-corrected chi connectivity index (χ2v) is 10.4. The molecule has 11 atom stereocenters. The number of hydrogen-bond donors (Lipinski definition) is 6. The molecule has 14 nitrogen and oxygen atoms in total. The van der Waals surface area contributed by atoms with Crippen LogP contribution in [-0.2, 0) is 37.9 Å². The lowest BCUT2D eigenvalue weighted by molar-refractivity contribution is -0.284. The largest absolute Gasteiger partial charge is 0.394 e. The van der Waals surface area contributed by atoms with Gasteiger partial charge in [0.25, 0.3) is 0 Å². The van der Waals surface area contributed by atoms with E-state index in [1.807, 2.05) is 6.92 Å². The number of aliphatic hydroxyl groups is 6. The summed E-state index contributed by atoms with van der Waals surface area (Å²) in [5.74, 6) is -0.696. The topological polar surface area (TPSA) is 195 Å². The van der Waals surface area contributed by atoms with E-state index in [0.717, 1.165) is 0 Å². The van der Waals surface area contributed by atoms with Gasteiger partial charge in [0.2, 0.25) is 0 Å². The second kappa shape index (κ2) is 19.6. The second-order valence-electron chi connectivity index (χ2n) is 10.4. The summed E-state index contributed by atoms with van der Waals surface area (Å²) in [4.78, 5) is 0. The molecule has 0 aromatic rings. The minimum absolute atomic E-state index is 0.184. The Labute approximate surface area is 236 Å². The molecule has 2 aliphatic heterocycles. The molecule has 0 amide bonds. The Hall–Kier alpha value is -0.560. The minimum Gasteiger partial charge on any atom is -0.394 e. The summed E-state index contributed by atoms with van der Waals surface area (Å²) in [5, 5.41) is 58.3. The van der Waals surface area contributed by atoms with Gasteiger partial charge in [-0.05, 0) is 0 Å². The van der Waals surface area contributed by atoms with Crippen LogP contribution in [0.4, 0.5) is 0 Å². The van der Waals surface area contributed by atoms with Gasteiger partial charge in [-0.25, -0.2) is 0 Å². The molecule has 238 valence electrons. The average Bonchev–Trinajstić information content (AvgIpc) is 2.95. The molecule has 0 spiro atoms. The van der Waals surface area contributed by atoms with E-state index in [0.29, 0.717) is 52.9 Å². The average molecular weight is 587 g/mol. The Morgan fingerprint density at radius 1 is 0.550 bits per heavy atom. The van der Waals surface area contributed by atoms with E-state index >= 15 is 0 Å². The van der Waals surface area contributed by atoms with Crippen molar-refractivity contribution in [3.63, 3.8) is 0 Å². The van der Waals surface area contributed by atoms with Crippen LogP contribution in [-0.4, -0.2) is 159 Å². The highest BCUT2D eigenvalue weighted by molar-refractivity contribution is 4.87. The Balaban J connectivity index is 1.38. The molecule has 2 fully saturated rings. The quantitative estimate of drug-likeness (QED) is 0.0847. The zero-order chi connectivity index (χ0) is 29.5. The molecule has 0 aromatic carbocycles. The highest BCUT2D eigenvalue weighted by Gasteiger charge is 2.43. The van der Waals surface area contributed by atoms with E-state index in [1.54, 1.807) is 13.8 Å². The summed E-state index contributed by atoms with van der Waals surface area (Å²) in [6.45, 7) is 8.33. The van der Waals surface area contributed by atoms with Crippen molar-refractivity contribution in [3.8, 4) is 0 Å². The summed E-state index contributed by atoms with van der Waals surface area (Å²) in [6.07, 6.45) is -7.61. The summed E-state index contributed by atoms with van der Waals surface area (Å²) < 4.78 is 44.3. The van der Waals surface area contributed by atoms with Gasteiger partial charge in [0.05, 0.1) is 91.5 Å². The van der Waals surface area contributed by atoms with Crippen molar-refractivity contribution in [3.05, 3.63) is 0 Å². The third kappa shape index (κ3) is 11.6.